The Kier molecular flexibility index (Phi) is 5.37. The van der Waals surface area contributed by atoms with Crippen LogP contribution in [0, 0.1) is 5.92 Å². The highest BCUT2D eigenvalue weighted by Crippen LogP contribution is 2.25. The molecule has 0 aromatic carbocycles. The predicted molar refractivity (Wildman–Crippen MR) is 73.4 cm³/mol. The molecule has 0 N–H and O–H groups in total. The van der Waals surface area contributed by atoms with Crippen molar-refractivity contribution >= 4 is 5.78 Å². The van der Waals surface area contributed by atoms with Gasteiger partial charge in [0.25, 0.3) is 0 Å². The van der Waals surface area contributed by atoms with Gasteiger partial charge in [0, 0.05) is 24.7 Å². The van der Waals surface area contributed by atoms with E-state index < -0.39 is 0 Å². The van der Waals surface area contributed by atoms with E-state index in [1.54, 1.807) is 6.20 Å². The Balaban J connectivity index is 1.61. The van der Waals surface area contributed by atoms with Crippen LogP contribution in [0.25, 0.3) is 0 Å². The number of unbranched alkanes of at least 4 members (excludes halogenated alkanes) is 1. The first-order chi connectivity index (χ1) is 8.86. The predicted octanol–water partition coefficient (Wildman–Crippen LogP) is 3.94. The van der Waals surface area contributed by atoms with Crippen molar-refractivity contribution < 1.29 is 4.79 Å². The zero-order chi connectivity index (χ0) is 12.6. The minimum absolute atomic E-state index is 0.386. The van der Waals surface area contributed by atoms with E-state index in [1.165, 1.54) is 24.8 Å². The fraction of sp³-hybridized carbons (Fsp3) is 0.625. The van der Waals surface area contributed by atoms with Gasteiger partial charge in [-0.2, -0.15) is 0 Å². The lowest BCUT2D eigenvalue weighted by Gasteiger charge is -2.20. The van der Waals surface area contributed by atoms with Crippen LogP contribution < -0.4 is 0 Å². The molecular formula is C16H23NO. The molecule has 1 aromatic heterocycles. The quantitative estimate of drug-likeness (QED) is 0.710. The third-order valence-corrected chi connectivity index (χ3v) is 3.92. The number of pyridine rings is 1. The van der Waals surface area contributed by atoms with E-state index in [-0.39, 0.29) is 0 Å². The highest BCUT2D eigenvalue weighted by atomic mass is 16.1. The van der Waals surface area contributed by atoms with Crippen LogP contribution in [0.1, 0.15) is 56.9 Å². The molecule has 0 bridgehead atoms. The van der Waals surface area contributed by atoms with E-state index in [4.69, 9.17) is 0 Å². The molecule has 18 heavy (non-hydrogen) atoms. The molecule has 0 aliphatic heterocycles. The lowest BCUT2D eigenvalue weighted by atomic mass is 9.84. The molecule has 1 heterocycles. The number of aromatic nitrogens is 1. The minimum Gasteiger partial charge on any atom is -0.299 e. The molecule has 0 saturated heterocycles. The van der Waals surface area contributed by atoms with Crippen LogP contribution in [0.15, 0.2) is 24.5 Å². The minimum atomic E-state index is 0.386. The Labute approximate surface area is 110 Å². The van der Waals surface area contributed by atoms with Crippen LogP contribution in [0.3, 0.4) is 0 Å². The first kappa shape index (κ1) is 13.3. The Hall–Kier alpha value is -1.18. The number of rotatable bonds is 6. The molecule has 2 heteroatoms. The van der Waals surface area contributed by atoms with Gasteiger partial charge in [0.15, 0.2) is 0 Å². The highest BCUT2D eigenvalue weighted by molar-refractivity contribution is 5.80. The van der Waals surface area contributed by atoms with Gasteiger partial charge in [-0.25, -0.2) is 0 Å². The molecule has 98 valence electrons. The summed E-state index contributed by atoms with van der Waals surface area (Å²) in [7, 11) is 0. The van der Waals surface area contributed by atoms with Crippen molar-refractivity contribution in [3.63, 3.8) is 0 Å². The molecule has 2 nitrogen and oxygen atoms in total. The van der Waals surface area contributed by atoms with Gasteiger partial charge < -0.3 is 0 Å². The molecule has 0 amide bonds. The van der Waals surface area contributed by atoms with E-state index in [0.29, 0.717) is 11.7 Å². The summed E-state index contributed by atoms with van der Waals surface area (Å²) in [4.78, 5) is 16.1. The van der Waals surface area contributed by atoms with Gasteiger partial charge in [0.2, 0.25) is 0 Å². The second-order valence-electron chi connectivity index (χ2n) is 5.37. The molecular weight excluding hydrogens is 222 g/mol. The Morgan fingerprint density at radius 3 is 2.78 bits per heavy atom. The van der Waals surface area contributed by atoms with Crippen LogP contribution in [0.4, 0.5) is 0 Å². The van der Waals surface area contributed by atoms with Crippen molar-refractivity contribution in [2.45, 2.75) is 57.8 Å². The molecule has 1 aliphatic carbocycles. The third-order valence-electron chi connectivity index (χ3n) is 3.92. The Morgan fingerprint density at radius 1 is 1.22 bits per heavy atom. The van der Waals surface area contributed by atoms with Gasteiger partial charge in [0.1, 0.15) is 5.78 Å². The standard InChI is InChI=1S/C16H23NO/c18-16(15-9-2-1-3-10-15)11-5-4-7-14-8-6-12-17-13-14/h6,8,12-13,15H,1-5,7,9-11H2. The molecule has 1 aromatic rings. The highest BCUT2D eigenvalue weighted by Gasteiger charge is 2.20. The smallest absolute Gasteiger partial charge is 0.135 e. The van der Waals surface area contributed by atoms with Crippen molar-refractivity contribution in [2.75, 3.05) is 0 Å². The van der Waals surface area contributed by atoms with Crippen LogP contribution in [-0.4, -0.2) is 10.8 Å². The summed E-state index contributed by atoms with van der Waals surface area (Å²) in [6, 6.07) is 4.08. The summed E-state index contributed by atoms with van der Waals surface area (Å²) in [5.74, 6) is 0.901. The van der Waals surface area contributed by atoms with Crippen molar-refractivity contribution in [3.05, 3.63) is 30.1 Å². The summed E-state index contributed by atoms with van der Waals surface area (Å²) in [5, 5.41) is 0. The summed E-state index contributed by atoms with van der Waals surface area (Å²) >= 11 is 0. The Bertz CT molecular complexity index is 355. The van der Waals surface area contributed by atoms with Crippen LogP contribution in [-0.2, 0) is 11.2 Å². The normalized spacial score (nSPS) is 16.7. The summed E-state index contributed by atoms with van der Waals surface area (Å²) in [5.41, 5.74) is 1.28. The maximum Gasteiger partial charge on any atom is 0.135 e. The monoisotopic (exact) mass is 245 g/mol. The summed E-state index contributed by atoms with van der Waals surface area (Å²) < 4.78 is 0. The van der Waals surface area contributed by atoms with E-state index >= 15 is 0 Å². The second kappa shape index (κ2) is 7.30. The maximum absolute atomic E-state index is 12.0. The van der Waals surface area contributed by atoms with Gasteiger partial charge >= 0.3 is 0 Å². The van der Waals surface area contributed by atoms with E-state index in [0.717, 1.165) is 38.5 Å². The number of hydrogen-bond donors (Lipinski definition) is 0. The van der Waals surface area contributed by atoms with Crippen LogP contribution in [0.2, 0.25) is 0 Å². The zero-order valence-electron chi connectivity index (χ0n) is 11.1. The third kappa shape index (κ3) is 4.25. The fourth-order valence-corrected chi connectivity index (χ4v) is 2.80. The van der Waals surface area contributed by atoms with Crippen LogP contribution in [0.5, 0.6) is 0 Å². The topological polar surface area (TPSA) is 30.0 Å². The number of hydrogen-bond acceptors (Lipinski definition) is 2. The van der Waals surface area contributed by atoms with Crippen molar-refractivity contribution in [1.29, 1.82) is 0 Å². The van der Waals surface area contributed by atoms with E-state index in [2.05, 4.69) is 11.1 Å². The summed E-state index contributed by atoms with van der Waals surface area (Å²) in [6.07, 6.45) is 13.8. The molecule has 0 atom stereocenters. The van der Waals surface area contributed by atoms with Gasteiger partial charge in [-0.05, 0) is 43.7 Å². The number of nitrogens with zero attached hydrogens (tertiary/aromatic N) is 1. The maximum atomic E-state index is 12.0. The molecule has 1 aliphatic rings. The van der Waals surface area contributed by atoms with Crippen molar-refractivity contribution in [2.24, 2.45) is 5.92 Å². The van der Waals surface area contributed by atoms with Gasteiger partial charge in [-0.3, -0.25) is 9.78 Å². The SMILES string of the molecule is O=C(CCCCc1cccnc1)C1CCCCC1. The largest absolute Gasteiger partial charge is 0.299 e. The fourth-order valence-electron chi connectivity index (χ4n) is 2.80. The Morgan fingerprint density at radius 2 is 2.06 bits per heavy atom. The number of Topliss-reactive ketones (excluding diaryl/α,β-unsaturated/α-hetero) is 1. The average molecular weight is 245 g/mol. The summed E-state index contributed by atoms with van der Waals surface area (Å²) in [6.45, 7) is 0. The number of carbonyl (C=O) groups is 1. The first-order valence-corrected chi connectivity index (χ1v) is 7.28. The van der Waals surface area contributed by atoms with Gasteiger partial charge in [-0.15, -0.1) is 0 Å². The van der Waals surface area contributed by atoms with Crippen molar-refractivity contribution in [1.82, 2.24) is 4.98 Å². The molecule has 0 unspecified atom stereocenters. The molecule has 0 spiro atoms. The number of ketones is 1. The van der Waals surface area contributed by atoms with E-state index in [9.17, 15) is 4.79 Å². The van der Waals surface area contributed by atoms with Gasteiger partial charge in [0.05, 0.1) is 0 Å². The van der Waals surface area contributed by atoms with E-state index in [1.807, 2.05) is 12.3 Å². The molecule has 1 saturated carbocycles. The zero-order valence-corrected chi connectivity index (χ0v) is 11.1. The second-order valence-corrected chi connectivity index (χ2v) is 5.37. The molecule has 0 radical (unpaired) electrons. The lowest BCUT2D eigenvalue weighted by Crippen LogP contribution is -2.17. The van der Waals surface area contributed by atoms with Crippen molar-refractivity contribution in [3.8, 4) is 0 Å². The number of aryl methyl sites for hydroxylation is 1. The molecule has 2 rings (SSSR count). The number of carbonyl (C=O) groups excluding carboxylic acids is 1. The first-order valence-electron chi connectivity index (χ1n) is 7.28. The average Bonchev–Trinajstić information content (AvgIpc) is 2.45. The van der Waals surface area contributed by atoms with Gasteiger partial charge in [-0.1, -0.05) is 25.3 Å². The molecule has 1 fully saturated rings. The lowest BCUT2D eigenvalue weighted by molar-refractivity contribution is -0.123. The van der Waals surface area contributed by atoms with Crippen LogP contribution >= 0.6 is 0 Å².